The molecule has 1 N–H and O–H groups in total. The first-order valence-electron chi connectivity index (χ1n) is 6.52. The number of halogens is 2. The second-order valence-corrected chi connectivity index (χ2v) is 4.36. The number of nitrogens with zero attached hydrogens (tertiary/aromatic N) is 1. The number of methoxy groups -OCH3 is 2. The standard InChI is InChI=1S/C14H18F2N2O4/c1-21-7-5-18(6-8-22-2)14(20)13(19)17-12-9-10(15)3-4-11(12)16/h3-4,9H,5-8H2,1-2H3,(H,17,19). The minimum absolute atomic E-state index is 0.178. The summed E-state index contributed by atoms with van der Waals surface area (Å²) < 4.78 is 36.2. The molecule has 0 heterocycles. The smallest absolute Gasteiger partial charge is 0.313 e. The molecule has 1 rings (SSSR count). The quantitative estimate of drug-likeness (QED) is 0.763. The van der Waals surface area contributed by atoms with Gasteiger partial charge in [0, 0.05) is 33.4 Å². The normalized spacial score (nSPS) is 10.4. The maximum atomic E-state index is 13.5. The summed E-state index contributed by atoms with van der Waals surface area (Å²) in [5.74, 6) is -3.49. The fourth-order valence-corrected chi connectivity index (χ4v) is 1.63. The molecule has 0 radical (unpaired) electrons. The van der Waals surface area contributed by atoms with Crippen LogP contribution in [0.2, 0.25) is 0 Å². The third kappa shape index (κ3) is 5.38. The monoisotopic (exact) mass is 316 g/mol. The molecule has 0 saturated heterocycles. The lowest BCUT2D eigenvalue weighted by Gasteiger charge is -2.21. The summed E-state index contributed by atoms with van der Waals surface area (Å²) in [4.78, 5) is 25.1. The number of rotatable bonds is 7. The Morgan fingerprint density at radius 1 is 1.14 bits per heavy atom. The molecule has 0 unspecified atom stereocenters. The van der Waals surface area contributed by atoms with Crippen LogP contribution >= 0.6 is 0 Å². The number of benzene rings is 1. The van der Waals surface area contributed by atoms with Crippen molar-refractivity contribution in [2.24, 2.45) is 0 Å². The number of hydrogen-bond acceptors (Lipinski definition) is 4. The highest BCUT2D eigenvalue weighted by Crippen LogP contribution is 2.15. The number of carbonyl (C=O) groups excluding carboxylic acids is 2. The van der Waals surface area contributed by atoms with Gasteiger partial charge < -0.3 is 19.7 Å². The Hall–Kier alpha value is -2.06. The number of amides is 2. The molecule has 0 bridgehead atoms. The van der Waals surface area contributed by atoms with Gasteiger partial charge in [-0.05, 0) is 12.1 Å². The summed E-state index contributed by atoms with van der Waals surface area (Å²) in [5, 5.41) is 2.06. The van der Waals surface area contributed by atoms with Crippen molar-refractivity contribution in [3.8, 4) is 0 Å². The zero-order valence-electron chi connectivity index (χ0n) is 12.4. The Bertz CT molecular complexity index is 518. The molecule has 0 spiro atoms. The van der Waals surface area contributed by atoms with E-state index < -0.39 is 29.1 Å². The molecule has 2 amide bonds. The summed E-state index contributed by atoms with van der Waals surface area (Å²) in [6, 6.07) is 2.58. The Balaban J connectivity index is 2.75. The molecule has 1 aromatic rings. The second-order valence-electron chi connectivity index (χ2n) is 4.36. The Morgan fingerprint density at radius 2 is 1.73 bits per heavy atom. The van der Waals surface area contributed by atoms with Gasteiger partial charge in [-0.1, -0.05) is 0 Å². The molecular formula is C14H18F2N2O4. The van der Waals surface area contributed by atoms with E-state index in [9.17, 15) is 18.4 Å². The van der Waals surface area contributed by atoms with Crippen LogP contribution in [-0.2, 0) is 19.1 Å². The fourth-order valence-electron chi connectivity index (χ4n) is 1.63. The molecule has 0 aliphatic rings. The maximum Gasteiger partial charge on any atom is 0.313 e. The van der Waals surface area contributed by atoms with Crippen LogP contribution in [0.5, 0.6) is 0 Å². The highest BCUT2D eigenvalue weighted by Gasteiger charge is 2.22. The number of hydrogen-bond donors (Lipinski definition) is 1. The molecule has 8 heteroatoms. The number of carbonyl (C=O) groups is 2. The number of ether oxygens (including phenoxy) is 2. The zero-order chi connectivity index (χ0) is 16.5. The van der Waals surface area contributed by atoms with Crippen LogP contribution in [-0.4, -0.2) is 57.2 Å². The molecule has 1 aromatic carbocycles. The molecule has 0 saturated carbocycles. The van der Waals surface area contributed by atoms with E-state index in [4.69, 9.17) is 9.47 Å². The first-order valence-corrected chi connectivity index (χ1v) is 6.52. The molecule has 0 aliphatic heterocycles. The average molecular weight is 316 g/mol. The van der Waals surface area contributed by atoms with Gasteiger partial charge in [0.25, 0.3) is 0 Å². The van der Waals surface area contributed by atoms with Gasteiger partial charge in [0.15, 0.2) is 0 Å². The number of anilines is 1. The van der Waals surface area contributed by atoms with Gasteiger partial charge >= 0.3 is 11.8 Å². The van der Waals surface area contributed by atoms with Gasteiger partial charge in [0.2, 0.25) is 0 Å². The van der Waals surface area contributed by atoms with Crippen molar-refractivity contribution >= 4 is 17.5 Å². The van der Waals surface area contributed by atoms with Crippen LogP contribution in [0.3, 0.4) is 0 Å². The summed E-state index contributed by atoms with van der Waals surface area (Å²) in [5.41, 5.74) is -0.392. The van der Waals surface area contributed by atoms with Crippen molar-refractivity contribution in [2.45, 2.75) is 0 Å². The van der Waals surface area contributed by atoms with E-state index >= 15 is 0 Å². The predicted molar refractivity (Wildman–Crippen MR) is 75.3 cm³/mol. The maximum absolute atomic E-state index is 13.5. The van der Waals surface area contributed by atoms with E-state index in [2.05, 4.69) is 5.32 Å². The fraction of sp³-hybridized carbons (Fsp3) is 0.429. The van der Waals surface area contributed by atoms with E-state index in [0.29, 0.717) is 0 Å². The summed E-state index contributed by atoms with van der Waals surface area (Å²) in [6.45, 7) is 0.823. The third-order valence-corrected chi connectivity index (χ3v) is 2.79. The van der Waals surface area contributed by atoms with Gasteiger partial charge in [0.05, 0.1) is 18.9 Å². The van der Waals surface area contributed by atoms with Crippen LogP contribution in [0.1, 0.15) is 0 Å². The van der Waals surface area contributed by atoms with E-state index in [-0.39, 0.29) is 26.3 Å². The van der Waals surface area contributed by atoms with Gasteiger partial charge in [0.1, 0.15) is 11.6 Å². The average Bonchev–Trinajstić information content (AvgIpc) is 2.50. The lowest BCUT2D eigenvalue weighted by atomic mass is 10.3. The lowest BCUT2D eigenvalue weighted by Crippen LogP contribution is -2.43. The van der Waals surface area contributed by atoms with Gasteiger partial charge in [-0.15, -0.1) is 0 Å². The van der Waals surface area contributed by atoms with Crippen LogP contribution in [0.4, 0.5) is 14.5 Å². The third-order valence-electron chi connectivity index (χ3n) is 2.79. The van der Waals surface area contributed by atoms with E-state index in [1.165, 1.54) is 19.1 Å². The Morgan fingerprint density at radius 3 is 2.27 bits per heavy atom. The van der Waals surface area contributed by atoms with Crippen molar-refractivity contribution in [2.75, 3.05) is 45.8 Å². The summed E-state index contributed by atoms with van der Waals surface area (Å²) in [7, 11) is 2.92. The van der Waals surface area contributed by atoms with Crippen molar-refractivity contribution in [1.29, 1.82) is 0 Å². The summed E-state index contributed by atoms with van der Waals surface area (Å²) in [6.07, 6.45) is 0. The van der Waals surface area contributed by atoms with Crippen molar-refractivity contribution < 1.29 is 27.8 Å². The zero-order valence-corrected chi connectivity index (χ0v) is 12.4. The highest BCUT2D eigenvalue weighted by atomic mass is 19.1. The topological polar surface area (TPSA) is 67.9 Å². The molecule has 22 heavy (non-hydrogen) atoms. The van der Waals surface area contributed by atoms with E-state index in [1.54, 1.807) is 0 Å². The van der Waals surface area contributed by atoms with Crippen LogP contribution in [0.15, 0.2) is 18.2 Å². The van der Waals surface area contributed by atoms with Crippen LogP contribution in [0, 0.1) is 11.6 Å². The number of nitrogens with one attached hydrogen (secondary N) is 1. The molecule has 6 nitrogen and oxygen atoms in total. The molecular weight excluding hydrogens is 298 g/mol. The highest BCUT2D eigenvalue weighted by molar-refractivity contribution is 6.39. The summed E-state index contributed by atoms with van der Waals surface area (Å²) >= 11 is 0. The van der Waals surface area contributed by atoms with Gasteiger partial charge in [-0.3, -0.25) is 9.59 Å². The van der Waals surface area contributed by atoms with E-state index in [0.717, 1.165) is 18.2 Å². The van der Waals surface area contributed by atoms with Crippen molar-refractivity contribution in [3.63, 3.8) is 0 Å². The first kappa shape index (κ1) is 18.0. The molecule has 0 aliphatic carbocycles. The lowest BCUT2D eigenvalue weighted by molar-refractivity contribution is -0.144. The van der Waals surface area contributed by atoms with Crippen LogP contribution < -0.4 is 5.32 Å². The van der Waals surface area contributed by atoms with Crippen molar-refractivity contribution in [1.82, 2.24) is 4.90 Å². The predicted octanol–water partition coefficient (Wildman–Crippen LogP) is 1.02. The minimum atomic E-state index is -1.06. The van der Waals surface area contributed by atoms with Crippen LogP contribution in [0.25, 0.3) is 0 Å². The minimum Gasteiger partial charge on any atom is -0.383 e. The van der Waals surface area contributed by atoms with Gasteiger partial charge in [-0.2, -0.15) is 0 Å². The van der Waals surface area contributed by atoms with E-state index in [1.807, 2.05) is 0 Å². The largest absolute Gasteiger partial charge is 0.383 e. The SMILES string of the molecule is COCCN(CCOC)C(=O)C(=O)Nc1cc(F)ccc1F. The molecule has 0 fully saturated rings. The molecule has 0 aromatic heterocycles. The molecule has 0 atom stereocenters. The van der Waals surface area contributed by atoms with Crippen molar-refractivity contribution in [3.05, 3.63) is 29.8 Å². The first-order chi connectivity index (χ1) is 10.5. The Kier molecular flexibility index (Phi) is 7.41. The van der Waals surface area contributed by atoms with Gasteiger partial charge in [-0.25, -0.2) is 8.78 Å². The second kappa shape index (κ2) is 9.06. The molecule has 122 valence electrons. The Labute approximate surface area is 127 Å².